The molecule has 1 N–H and O–H groups in total. The molecule has 0 radical (unpaired) electrons. The van der Waals surface area contributed by atoms with Crippen molar-refractivity contribution in [2.45, 2.75) is 44.8 Å². The first-order valence-electron chi connectivity index (χ1n) is 7.47. The summed E-state index contributed by atoms with van der Waals surface area (Å²) in [7, 11) is 0. The van der Waals surface area contributed by atoms with E-state index in [2.05, 4.69) is 24.4 Å². The van der Waals surface area contributed by atoms with Crippen LogP contribution >= 0.6 is 0 Å². The topological polar surface area (TPSA) is 47.6 Å². The highest BCUT2D eigenvalue weighted by atomic mass is 16.6. The highest BCUT2D eigenvalue weighted by Crippen LogP contribution is 2.32. The van der Waals surface area contributed by atoms with Crippen LogP contribution in [0.2, 0.25) is 0 Å². The fraction of sp³-hybridized carbons (Fsp3) is 0.562. The Bertz CT molecular complexity index is 500. The van der Waals surface area contributed by atoms with Crippen molar-refractivity contribution in [2.75, 3.05) is 13.2 Å². The molecule has 1 saturated heterocycles. The molecule has 0 amide bonds. The number of hydrogen-bond donors (Lipinski definition) is 1. The van der Waals surface area contributed by atoms with E-state index in [9.17, 15) is 4.79 Å². The van der Waals surface area contributed by atoms with Crippen LogP contribution in [0.15, 0.2) is 18.2 Å². The lowest BCUT2D eigenvalue weighted by Crippen LogP contribution is -2.25. The molecule has 0 saturated carbocycles. The Kier molecular flexibility index (Phi) is 3.92. The van der Waals surface area contributed by atoms with Gasteiger partial charge < -0.3 is 14.8 Å². The summed E-state index contributed by atoms with van der Waals surface area (Å²) in [6.07, 6.45) is 3.69. The molecule has 1 fully saturated rings. The molecule has 0 aromatic heterocycles. The molecular formula is C16H21NO3. The van der Waals surface area contributed by atoms with Gasteiger partial charge in [0.05, 0.1) is 6.61 Å². The van der Waals surface area contributed by atoms with Gasteiger partial charge in [-0.05, 0) is 49.1 Å². The van der Waals surface area contributed by atoms with Gasteiger partial charge in [-0.3, -0.25) is 0 Å². The molecule has 4 heteroatoms. The van der Waals surface area contributed by atoms with Crippen molar-refractivity contribution in [3.8, 4) is 5.75 Å². The minimum Gasteiger partial charge on any atom is -0.479 e. The van der Waals surface area contributed by atoms with Crippen LogP contribution in [-0.4, -0.2) is 25.2 Å². The summed E-state index contributed by atoms with van der Waals surface area (Å²) in [5, 5.41) is 3.53. The number of fused-ring (bicyclic) bond motifs is 1. The predicted molar refractivity (Wildman–Crippen MR) is 75.8 cm³/mol. The van der Waals surface area contributed by atoms with Crippen LogP contribution in [-0.2, 0) is 16.0 Å². The molecule has 20 heavy (non-hydrogen) atoms. The zero-order valence-corrected chi connectivity index (χ0v) is 11.9. The van der Waals surface area contributed by atoms with Crippen LogP contribution < -0.4 is 10.1 Å². The van der Waals surface area contributed by atoms with E-state index in [0.717, 1.165) is 18.7 Å². The van der Waals surface area contributed by atoms with Crippen molar-refractivity contribution in [1.82, 2.24) is 5.32 Å². The monoisotopic (exact) mass is 275 g/mol. The second-order valence-electron chi connectivity index (χ2n) is 5.43. The van der Waals surface area contributed by atoms with Gasteiger partial charge in [-0.25, -0.2) is 4.79 Å². The van der Waals surface area contributed by atoms with Crippen molar-refractivity contribution in [3.63, 3.8) is 0 Å². The highest BCUT2D eigenvalue weighted by molar-refractivity contribution is 5.76. The van der Waals surface area contributed by atoms with Crippen molar-refractivity contribution in [2.24, 2.45) is 0 Å². The Hall–Kier alpha value is -1.55. The number of nitrogens with one attached hydrogen (secondary N) is 1. The third-order valence-electron chi connectivity index (χ3n) is 4.04. The number of carbonyl (C=O) groups is 1. The van der Waals surface area contributed by atoms with Gasteiger partial charge in [0.2, 0.25) is 0 Å². The first kappa shape index (κ1) is 13.4. The molecular weight excluding hydrogens is 254 g/mol. The zero-order chi connectivity index (χ0) is 13.9. The van der Waals surface area contributed by atoms with Gasteiger partial charge in [0.1, 0.15) is 5.75 Å². The van der Waals surface area contributed by atoms with Crippen LogP contribution in [0.4, 0.5) is 0 Å². The molecule has 0 bridgehead atoms. The van der Waals surface area contributed by atoms with Gasteiger partial charge in [-0.15, -0.1) is 0 Å². The summed E-state index contributed by atoms with van der Waals surface area (Å²) >= 11 is 0. The van der Waals surface area contributed by atoms with Crippen LogP contribution in [0.3, 0.4) is 0 Å². The zero-order valence-electron chi connectivity index (χ0n) is 11.9. The molecule has 1 aliphatic heterocycles. The number of aryl methyl sites for hydroxylation is 1. The maximum atomic E-state index is 11.4. The SMILES string of the molecule is CCNC1CCCc2cc(OC3CCOC3=O)ccc21. The number of esters is 1. The second-order valence-corrected chi connectivity index (χ2v) is 5.43. The number of ether oxygens (including phenoxy) is 2. The van der Waals surface area contributed by atoms with Gasteiger partial charge in [0, 0.05) is 12.5 Å². The minimum atomic E-state index is -0.429. The van der Waals surface area contributed by atoms with Gasteiger partial charge in [0.25, 0.3) is 0 Å². The molecule has 2 atom stereocenters. The average molecular weight is 275 g/mol. The van der Waals surface area contributed by atoms with E-state index >= 15 is 0 Å². The smallest absolute Gasteiger partial charge is 0.347 e. The van der Waals surface area contributed by atoms with Crippen LogP contribution in [0.5, 0.6) is 5.75 Å². The normalized spacial score (nSPS) is 25.1. The minimum absolute atomic E-state index is 0.242. The van der Waals surface area contributed by atoms with Gasteiger partial charge in [-0.2, -0.15) is 0 Å². The van der Waals surface area contributed by atoms with E-state index in [4.69, 9.17) is 9.47 Å². The molecule has 1 aromatic carbocycles. The molecule has 1 heterocycles. The summed E-state index contributed by atoms with van der Waals surface area (Å²) in [5.74, 6) is 0.540. The number of carbonyl (C=O) groups excluding carboxylic acids is 1. The maximum Gasteiger partial charge on any atom is 0.347 e. The van der Waals surface area contributed by atoms with Gasteiger partial charge >= 0.3 is 5.97 Å². The van der Waals surface area contributed by atoms with Crippen LogP contribution in [0.1, 0.15) is 43.4 Å². The summed E-state index contributed by atoms with van der Waals surface area (Å²) in [6, 6.07) is 6.65. The van der Waals surface area contributed by atoms with Crippen LogP contribution in [0.25, 0.3) is 0 Å². The maximum absolute atomic E-state index is 11.4. The van der Waals surface area contributed by atoms with E-state index in [0.29, 0.717) is 19.1 Å². The number of benzene rings is 1. The molecule has 108 valence electrons. The Balaban J connectivity index is 1.76. The van der Waals surface area contributed by atoms with Crippen LogP contribution in [0, 0.1) is 0 Å². The lowest BCUT2D eigenvalue weighted by molar-refractivity contribution is -0.143. The summed E-state index contributed by atoms with van der Waals surface area (Å²) in [5.41, 5.74) is 2.71. The Morgan fingerprint density at radius 3 is 3.05 bits per heavy atom. The average Bonchev–Trinajstić information content (AvgIpc) is 2.85. The van der Waals surface area contributed by atoms with E-state index in [1.807, 2.05) is 6.07 Å². The van der Waals surface area contributed by atoms with E-state index in [-0.39, 0.29) is 5.97 Å². The number of rotatable bonds is 4. The van der Waals surface area contributed by atoms with E-state index in [1.54, 1.807) is 0 Å². The molecule has 1 aliphatic carbocycles. The fourth-order valence-corrected chi connectivity index (χ4v) is 3.07. The van der Waals surface area contributed by atoms with Crippen molar-refractivity contribution < 1.29 is 14.3 Å². The Morgan fingerprint density at radius 1 is 1.40 bits per heavy atom. The Labute approximate surface area is 119 Å². The lowest BCUT2D eigenvalue weighted by Gasteiger charge is -2.26. The first-order valence-corrected chi connectivity index (χ1v) is 7.47. The van der Waals surface area contributed by atoms with E-state index in [1.165, 1.54) is 24.0 Å². The molecule has 3 rings (SSSR count). The number of hydrogen-bond acceptors (Lipinski definition) is 4. The van der Waals surface area contributed by atoms with Crippen molar-refractivity contribution in [1.29, 1.82) is 0 Å². The first-order chi connectivity index (χ1) is 9.78. The highest BCUT2D eigenvalue weighted by Gasteiger charge is 2.29. The summed E-state index contributed by atoms with van der Waals surface area (Å²) < 4.78 is 10.7. The third-order valence-corrected chi connectivity index (χ3v) is 4.04. The molecule has 2 aliphatic rings. The second kappa shape index (κ2) is 5.83. The van der Waals surface area contributed by atoms with Crippen molar-refractivity contribution >= 4 is 5.97 Å². The lowest BCUT2D eigenvalue weighted by atomic mass is 9.87. The van der Waals surface area contributed by atoms with Gasteiger partial charge in [-0.1, -0.05) is 13.0 Å². The standard InChI is InChI=1S/C16H21NO3/c1-2-17-14-5-3-4-11-10-12(6-7-13(11)14)20-15-8-9-19-16(15)18/h6-7,10,14-15,17H,2-5,8-9H2,1H3. The van der Waals surface area contributed by atoms with Crippen molar-refractivity contribution in [3.05, 3.63) is 29.3 Å². The molecule has 4 nitrogen and oxygen atoms in total. The molecule has 0 spiro atoms. The van der Waals surface area contributed by atoms with E-state index < -0.39 is 6.10 Å². The molecule has 2 unspecified atom stereocenters. The number of cyclic esters (lactones) is 1. The predicted octanol–water partition coefficient (Wildman–Crippen LogP) is 2.37. The fourth-order valence-electron chi connectivity index (χ4n) is 3.07. The summed E-state index contributed by atoms with van der Waals surface area (Å²) in [6.45, 7) is 3.59. The van der Waals surface area contributed by atoms with Gasteiger partial charge in [0.15, 0.2) is 6.10 Å². The Morgan fingerprint density at radius 2 is 2.30 bits per heavy atom. The quantitative estimate of drug-likeness (QED) is 0.857. The molecule has 1 aromatic rings. The summed E-state index contributed by atoms with van der Waals surface area (Å²) in [4.78, 5) is 11.4. The third kappa shape index (κ3) is 2.66. The largest absolute Gasteiger partial charge is 0.479 e.